The first-order valence-corrected chi connectivity index (χ1v) is 6.67. The number of fused-ring (bicyclic) bond motifs is 1. The van der Waals surface area contributed by atoms with Gasteiger partial charge in [-0.2, -0.15) is 0 Å². The first-order valence-electron chi connectivity index (χ1n) is 6.67. The molecule has 1 aromatic rings. The number of nitrogens with two attached hydrogens (primary N) is 1. The van der Waals surface area contributed by atoms with Crippen LogP contribution in [-0.4, -0.2) is 43.6 Å². The molecule has 0 radical (unpaired) electrons. The fourth-order valence-electron chi connectivity index (χ4n) is 3.03. The standard InChI is InChI=1S/C14H19N3O2/c1-19-11-3-4-13(12(15)8-11)16-6-7-17-10(9-16)2-5-14(17)18/h3-4,8,10H,2,5-7,9,15H2,1H3. The highest BCUT2D eigenvalue weighted by Gasteiger charge is 2.35. The molecule has 19 heavy (non-hydrogen) atoms. The molecule has 2 saturated heterocycles. The van der Waals surface area contributed by atoms with E-state index in [4.69, 9.17) is 10.5 Å². The Bertz CT molecular complexity index is 503. The average molecular weight is 261 g/mol. The van der Waals surface area contributed by atoms with E-state index < -0.39 is 0 Å². The minimum Gasteiger partial charge on any atom is -0.497 e. The SMILES string of the molecule is COc1ccc(N2CCN3C(=O)CCC3C2)c(N)c1. The predicted octanol–water partition coefficient (Wildman–Crippen LogP) is 1.09. The number of anilines is 2. The van der Waals surface area contributed by atoms with Crippen molar-refractivity contribution in [2.75, 3.05) is 37.4 Å². The predicted molar refractivity (Wildman–Crippen MR) is 74.4 cm³/mol. The van der Waals surface area contributed by atoms with Crippen molar-refractivity contribution in [2.24, 2.45) is 0 Å². The Hall–Kier alpha value is -1.91. The van der Waals surface area contributed by atoms with Gasteiger partial charge in [0.1, 0.15) is 5.75 Å². The Kier molecular flexibility index (Phi) is 2.97. The number of hydrogen-bond donors (Lipinski definition) is 1. The summed E-state index contributed by atoms with van der Waals surface area (Å²) in [4.78, 5) is 16.0. The fourth-order valence-corrected chi connectivity index (χ4v) is 3.03. The van der Waals surface area contributed by atoms with Gasteiger partial charge in [0.25, 0.3) is 0 Å². The van der Waals surface area contributed by atoms with Gasteiger partial charge in [0.05, 0.1) is 18.5 Å². The molecule has 102 valence electrons. The number of carbonyl (C=O) groups is 1. The molecule has 0 bridgehead atoms. The molecule has 5 nitrogen and oxygen atoms in total. The van der Waals surface area contributed by atoms with Crippen LogP contribution in [0.5, 0.6) is 5.75 Å². The van der Waals surface area contributed by atoms with Gasteiger partial charge in [-0.15, -0.1) is 0 Å². The molecule has 0 aromatic heterocycles. The summed E-state index contributed by atoms with van der Waals surface area (Å²) in [5, 5.41) is 0. The highest BCUT2D eigenvalue weighted by Crippen LogP contribution is 2.31. The second-order valence-electron chi connectivity index (χ2n) is 5.15. The molecule has 1 aromatic carbocycles. The first kappa shape index (κ1) is 12.1. The van der Waals surface area contributed by atoms with Gasteiger partial charge in [-0.3, -0.25) is 4.79 Å². The number of methoxy groups -OCH3 is 1. The Morgan fingerprint density at radius 2 is 2.21 bits per heavy atom. The largest absolute Gasteiger partial charge is 0.497 e. The van der Waals surface area contributed by atoms with Crippen molar-refractivity contribution in [3.63, 3.8) is 0 Å². The number of hydrogen-bond acceptors (Lipinski definition) is 4. The number of piperazine rings is 1. The molecular formula is C14H19N3O2. The molecule has 1 atom stereocenters. The molecule has 1 amide bonds. The van der Waals surface area contributed by atoms with Gasteiger partial charge >= 0.3 is 0 Å². The van der Waals surface area contributed by atoms with E-state index in [-0.39, 0.29) is 0 Å². The van der Waals surface area contributed by atoms with Crippen molar-refractivity contribution in [3.05, 3.63) is 18.2 Å². The maximum atomic E-state index is 11.7. The number of ether oxygens (including phenoxy) is 1. The van der Waals surface area contributed by atoms with E-state index in [1.165, 1.54) is 0 Å². The van der Waals surface area contributed by atoms with Crippen molar-refractivity contribution in [3.8, 4) is 5.75 Å². The number of rotatable bonds is 2. The molecule has 0 saturated carbocycles. The third kappa shape index (κ3) is 2.09. The third-order valence-electron chi connectivity index (χ3n) is 4.07. The number of benzene rings is 1. The van der Waals surface area contributed by atoms with Crippen LogP contribution in [-0.2, 0) is 4.79 Å². The molecule has 1 unspecified atom stereocenters. The van der Waals surface area contributed by atoms with Crippen LogP contribution in [0.4, 0.5) is 11.4 Å². The second kappa shape index (κ2) is 4.64. The van der Waals surface area contributed by atoms with Crippen LogP contribution in [0.3, 0.4) is 0 Å². The minimum atomic E-state index is 0.298. The Labute approximate surface area is 112 Å². The van der Waals surface area contributed by atoms with Crippen LogP contribution in [0.25, 0.3) is 0 Å². The monoisotopic (exact) mass is 261 g/mol. The van der Waals surface area contributed by atoms with Crippen LogP contribution in [0, 0.1) is 0 Å². The topological polar surface area (TPSA) is 58.8 Å². The summed E-state index contributed by atoms with van der Waals surface area (Å²) < 4.78 is 5.17. The van der Waals surface area contributed by atoms with E-state index in [2.05, 4.69) is 4.90 Å². The Balaban J connectivity index is 1.79. The quantitative estimate of drug-likeness (QED) is 0.810. The summed E-state index contributed by atoms with van der Waals surface area (Å²) in [5.41, 5.74) is 7.86. The lowest BCUT2D eigenvalue weighted by molar-refractivity contribution is -0.129. The normalized spacial score (nSPS) is 22.6. The lowest BCUT2D eigenvalue weighted by Crippen LogP contribution is -2.51. The van der Waals surface area contributed by atoms with Crippen molar-refractivity contribution in [2.45, 2.75) is 18.9 Å². The molecule has 2 fully saturated rings. The Morgan fingerprint density at radius 1 is 1.37 bits per heavy atom. The van der Waals surface area contributed by atoms with Crippen LogP contribution < -0.4 is 15.4 Å². The second-order valence-corrected chi connectivity index (χ2v) is 5.15. The number of carbonyl (C=O) groups excluding carboxylic acids is 1. The van der Waals surface area contributed by atoms with Crippen molar-refractivity contribution >= 4 is 17.3 Å². The number of nitrogens with zero attached hydrogens (tertiary/aromatic N) is 2. The fraction of sp³-hybridized carbons (Fsp3) is 0.500. The number of amides is 1. The zero-order chi connectivity index (χ0) is 13.4. The van der Waals surface area contributed by atoms with Gasteiger partial charge in [-0.25, -0.2) is 0 Å². The van der Waals surface area contributed by atoms with Crippen LogP contribution in [0.15, 0.2) is 18.2 Å². The van der Waals surface area contributed by atoms with E-state index in [0.717, 1.165) is 43.2 Å². The zero-order valence-electron chi connectivity index (χ0n) is 11.1. The third-order valence-corrected chi connectivity index (χ3v) is 4.07. The van der Waals surface area contributed by atoms with E-state index in [0.29, 0.717) is 18.4 Å². The first-order chi connectivity index (χ1) is 9.19. The number of nitrogen functional groups attached to an aromatic ring is 1. The smallest absolute Gasteiger partial charge is 0.223 e. The summed E-state index contributed by atoms with van der Waals surface area (Å²) >= 11 is 0. The molecule has 2 N–H and O–H groups in total. The molecule has 2 aliphatic rings. The van der Waals surface area contributed by atoms with Gasteiger partial charge in [0.2, 0.25) is 5.91 Å². The Morgan fingerprint density at radius 3 is 2.95 bits per heavy atom. The van der Waals surface area contributed by atoms with Gasteiger partial charge in [0, 0.05) is 38.2 Å². The van der Waals surface area contributed by atoms with Gasteiger partial charge in [-0.05, 0) is 18.6 Å². The molecule has 3 rings (SSSR count). The van der Waals surface area contributed by atoms with Crippen molar-refractivity contribution in [1.82, 2.24) is 4.90 Å². The molecule has 0 spiro atoms. The van der Waals surface area contributed by atoms with Gasteiger partial charge < -0.3 is 20.3 Å². The van der Waals surface area contributed by atoms with Crippen LogP contribution in [0.2, 0.25) is 0 Å². The lowest BCUT2D eigenvalue weighted by Gasteiger charge is -2.39. The minimum absolute atomic E-state index is 0.298. The van der Waals surface area contributed by atoms with Crippen LogP contribution in [0.1, 0.15) is 12.8 Å². The van der Waals surface area contributed by atoms with E-state index >= 15 is 0 Å². The summed E-state index contributed by atoms with van der Waals surface area (Å²) in [6.45, 7) is 2.52. The average Bonchev–Trinajstić information content (AvgIpc) is 2.79. The van der Waals surface area contributed by atoms with E-state index in [9.17, 15) is 4.79 Å². The highest BCUT2D eigenvalue weighted by atomic mass is 16.5. The summed E-state index contributed by atoms with van der Waals surface area (Å²) in [5.74, 6) is 1.07. The van der Waals surface area contributed by atoms with Crippen molar-refractivity contribution < 1.29 is 9.53 Å². The van der Waals surface area contributed by atoms with Crippen LogP contribution >= 0.6 is 0 Å². The molecular weight excluding hydrogens is 242 g/mol. The maximum Gasteiger partial charge on any atom is 0.223 e. The van der Waals surface area contributed by atoms with Crippen molar-refractivity contribution in [1.29, 1.82) is 0 Å². The van der Waals surface area contributed by atoms with Gasteiger partial charge in [0.15, 0.2) is 0 Å². The highest BCUT2D eigenvalue weighted by molar-refractivity contribution is 5.79. The van der Waals surface area contributed by atoms with E-state index in [1.54, 1.807) is 7.11 Å². The summed E-state index contributed by atoms with van der Waals surface area (Å²) in [6, 6.07) is 6.13. The summed E-state index contributed by atoms with van der Waals surface area (Å²) in [6.07, 6.45) is 1.65. The van der Waals surface area contributed by atoms with Gasteiger partial charge in [-0.1, -0.05) is 0 Å². The zero-order valence-corrected chi connectivity index (χ0v) is 11.1. The molecule has 2 heterocycles. The summed E-state index contributed by atoms with van der Waals surface area (Å²) in [7, 11) is 1.64. The molecule has 0 aliphatic carbocycles. The maximum absolute atomic E-state index is 11.7. The lowest BCUT2D eigenvalue weighted by atomic mass is 10.1. The van der Waals surface area contributed by atoms with E-state index in [1.807, 2.05) is 23.1 Å². The molecule has 5 heteroatoms. The molecule has 2 aliphatic heterocycles.